The number of rotatable bonds is 4. The Kier molecular flexibility index (Phi) is 4.52. The Morgan fingerprint density at radius 3 is 2.62 bits per heavy atom. The topological polar surface area (TPSA) is 62.5 Å². The van der Waals surface area contributed by atoms with Crippen LogP contribution in [0.2, 0.25) is 0 Å². The van der Waals surface area contributed by atoms with Gasteiger partial charge >= 0.3 is 5.69 Å². The van der Waals surface area contributed by atoms with Crippen molar-refractivity contribution in [2.75, 3.05) is 7.11 Å². The zero-order valence-electron chi connectivity index (χ0n) is 11.9. The van der Waals surface area contributed by atoms with Gasteiger partial charge in [0.2, 0.25) is 5.75 Å². The second-order valence-corrected chi connectivity index (χ2v) is 5.35. The van der Waals surface area contributed by atoms with E-state index in [2.05, 4.69) is 15.9 Å². The van der Waals surface area contributed by atoms with Crippen LogP contribution in [0.4, 0.5) is 0 Å². The van der Waals surface area contributed by atoms with E-state index in [1.54, 1.807) is 14.2 Å². The summed E-state index contributed by atoms with van der Waals surface area (Å²) in [5, 5.41) is 0. The molecule has 0 spiro atoms. The van der Waals surface area contributed by atoms with E-state index in [1.165, 1.54) is 17.8 Å². The largest absolute Gasteiger partial charge is 0.497 e. The molecule has 6 nitrogen and oxygen atoms in total. The Morgan fingerprint density at radius 1 is 1.24 bits per heavy atom. The molecule has 0 aliphatic carbocycles. The van der Waals surface area contributed by atoms with Gasteiger partial charge < -0.3 is 9.47 Å². The van der Waals surface area contributed by atoms with E-state index in [9.17, 15) is 9.59 Å². The van der Waals surface area contributed by atoms with Gasteiger partial charge in [-0.05, 0) is 18.2 Å². The number of halogens is 1. The maximum Gasteiger partial charge on any atom is 0.330 e. The number of aryl methyl sites for hydroxylation is 1. The molecule has 1 aromatic carbocycles. The Bertz CT molecular complexity index is 780. The van der Waals surface area contributed by atoms with Crippen LogP contribution < -0.4 is 20.7 Å². The molecule has 21 heavy (non-hydrogen) atoms. The average Bonchev–Trinajstić information content (AvgIpc) is 2.49. The van der Waals surface area contributed by atoms with Crippen molar-refractivity contribution < 1.29 is 9.47 Å². The van der Waals surface area contributed by atoms with E-state index in [0.29, 0.717) is 5.75 Å². The molecule has 1 heterocycles. The summed E-state index contributed by atoms with van der Waals surface area (Å²) < 4.78 is 13.9. The zero-order chi connectivity index (χ0) is 15.6. The zero-order valence-corrected chi connectivity index (χ0v) is 13.5. The first-order chi connectivity index (χ1) is 9.93. The molecule has 112 valence electrons. The molecule has 0 amide bonds. The van der Waals surface area contributed by atoms with Crippen molar-refractivity contribution in [2.24, 2.45) is 14.1 Å². The van der Waals surface area contributed by atoms with Gasteiger partial charge in [-0.15, -0.1) is 0 Å². The van der Waals surface area contributed by atoms with Crippen molar-refractivity contribution in [3.63, 3.8) is 0 Å². The van der Waals surface area contributed by atoms with Gasteiger partial charge in [0.15, 0.2) is 0 Å². The maximum atomic E-state index is 12.0. The predicted octanol–water partition coefficient (Wildman–Crippen LogP) is 1.43. The summed E-state index contributed by atoms with van der Waals surface area (Å²) >= 11 is 3.42. The lowest BCUT2D eigenvalue weighted by Crippen LogP contribution is -2.36. The second-order valence-electron chi connectivity index (χ2n) is 4.50. The van der Waals surface area contributed by atoms with E-state index >= 15 is 0 Å². The maximum absolute atomic E-state index is 12.0. The molecule has 0 aliphatic heterocycles. The molecule has 0 saturated carbocycles. The van der Waals surface area contributed by atoms with Gasteiger partial charge in [0, 0.05) is 24.1 Å². The Morgan fingerprint density at radius 2 is 1.95 bits per heavy atom. The number of ether oxygens (including phenoxy) is 2. The van der Waals surface area contributed by atoms with Crippen LogP contribution in [0.3, 0.4) is 0 Å². The average molecular weight is 355 g/mol. The van der Waals surface area contributed by atoms with Crippen LogP contribution in [0.15, 0.2) is 38.5 Å². The summed E-state index contributed by atoms with van der Waals surface area (Å²) in [6.07, 6.45) is 1.39. The van der Waals surface area contributed by atoms with E-state index in [4.69, 9.17) is 9.47 Å². The van der Waals surface area contributed by atoms with Crippen molar-refractivity contribution in [2.45, 2.75) is 6.61 Å². The summed E-state index contributed by atoms with van der Waals surface area (Å²) in [5.41, 5.74) is -0.0164. The number of nitrogens with zero attached hydrogens (tertiary/aromatic N) is 2. The van der Waals surface area contributed by atoms with Gasteiger partial charge in [0.1, 0.15) is 12.4 Å². The molecule has 0 N–H and O–H groups in total. The molecule has 0 fully saturated rings. The van der Waals surface area contributed by atoms with Crippen LogP contribution >= 0.6 is 15.9 Å². The quantitative estimate of drug-likeness (QED) is 0.833. The van der Waals surface area contributed by atoms with Crippen LogP contribution in [0, 0.1) is 0 Å². The van der Waals surface area contributed by atoms with Crippen LogP contribution in [-0.2, 0) is 20.7 Å². The summed E-state index contributed by atoms with van der Waals surface area (Å²) in [5.74, 6) is 0.819. The summed E-state index contributed by atoms with van der Waals surface area (Å²) in [7, 11) is 4.56. The standard InChI is InChI=1S/C14H15BrN2O4/c1-16-7-12(13(18)17(2)14(16)19)21-8-9-6-10(20-3)4-5-11(9)15/h4-7H,8H2,1-3H3. The van der Waals surface area contributed by atoms with Crippen LogP contribution in [-0.4, -0.2) is 16.2 Å². The number of hydrogen-bond acceptors (Lipinski definition) is 4. The molecule has 0 radical (unpaired) electrons. The Hall–Kier alpha value is -2.02. The molecular formula is C14H15BrN2O4. The van der Waals surface area contributed by atoms with E-state index < -0.39 is 11.2 Å². The first-order valence-corrected chi connectivity index (χ1v) is 6.95. The van der Waals surface area contributed by atoms with Crippen molar-refractivity contribution in [3.05, 3.63) is 55.3 Å². The van der Waals surface area contributed by atoms with Crippen LogP contribution in [0.1, 0.15) is 5.56 Å². The molecule has 1 aromatic heterocycles. The molecule has 0 aliphatic rings. The van der Waals surface area contributed by atoms with Gasteiger partial charge in [-0.1, -0.05) is 15.9 Å². The summed E-state index contributed by atoms with van der Waals surface area (Å²) in [6, 6.07) is 5.48. The molecule has 0 bridgehead atoms. The number of hydrogen-bond donors (Lipinski definition) is 0. The highest BCUT2D eigenvalue weighted by atomic mass is 79.9. The highest BCUT2D eigenvalue weighted by Gasteiger charge is 2.09. The van der Waals surface area contributed by atoms with Gasteiger partial charge in [-0.25, -0.2) is 4.79 Å². The molecule has 0 unspecified atom stereocenters. The number of methoxy groups -OCH3 is 1. The Labute approximate surface area is 129 Å². The lowest BCUT2D eigenvalue weighted by Gasteiger charge is -2.11. The van der Waals surface area contributed by atoms with Crippen molar-refractivity contribution >= 4 is 15.9 Å². The monoisotopic (exact) mass is 354 g/mol. The molecule has 0 saturated heterocycles. The highest BCUT2D eigenvalue weighted by molar-refractivity contribution is 9.10. The minimum atomic E-state index is -0.461. The molecular weight excluding hydrogens is 340 g/mol. The lowest BCUT2D eigenvalue weighted by molar-refractivity contribution is 0.293. The molecule has 2 aromatic rings. The van der Waals surface area contributed by atoms with Crippen molar-refractivity contribution in [3.8, 4) is 11.5 Å². The van der Waals surface area contributed by atoms with Crippen LogP contribution in [0.5, 0.6) is 11.5 Å². The second kappa shape index (κ2) is 6.17. The third kappa shape index (κ3) is 3.18. The third-order valence-corrected chi connectivity index (χ3v) is 3.82. The molecule has 0 atom stereocenters. The third-order valence-electron chi connectivity index (χ3n) is 3.05. The summed E-state index contributed by atoms with van der Waals surface area (Å²) in [6.45, 7) is 0.186. The smallest absolute Gasteiger partial charge is 0.330 e. The number of benzene rings is 1. The van der Waals surface area contributed by atoms with Gasteiger partial charge in [-0.2, -0.15) is 0 Å². The first-order valence-electron chi connectivity index (χ1n) is 6.16. The fourth-order valence-electron chi connectivity index (χ4n) is 1.82. The minimum absolute atomic E-state index is 0.120. The molecule has 2 rings (SSSR count). The van der Waals surface area contributed by atoms with Gasteiger partial charge in [0.05, 0.1) is 13.3 Å². The van der Waals surface area contributed by atoms with Crippen molar-refractivity contribution in [1.82, 2.24) is 9.13 Å². The SMILES string of the molecule is COc1ccc(Br)c(COc2cn(C)c(=O)n(C)c2=O)c1. The normalized spacial score (nSPS) is 10.5. The molecule has 7 heteroatoms. The fourth-order valence-corrected chi connectivity index (χ4v) is 2.18. The fraction of sp³-hybridized carbons (Fsp3) is 0.286. The highest BCUT2D eigenvalue weighted by Crippen LogP contribution is 2.23. The summed E-state index contributed by atoms with van der Waals surface area (Å²) in [4.78, 5) is 23.6. The van der Waals surface area contributed by atoms with Gasteiger partial charge in [-0.3, -0.25) is 13.9 Å². The minimum Gasteiger partial charge on any atom is -0.497 e. The lowest BCUT2D eigenvalue weighted by atomic mass is 10.2. The van der Waals surface area contributed by atoms with E-state index in [0.717, 1.165) is 14.6 Å². The van der Waals surface area contributed by atoms with E-state index in [-0.39, 0.29) is 12.4 Å². The Balaban J connectivity index is 2.29. The van der Waals surface area contributed by atoms with Crippen molar-refractivity contribution in [1.29, 1.82) is 0 Å². The number of aromatic nitrogens is 2. The van der Waals surface area contributed by atoms with Crippen LogP contribution in [0.25, 0.3) is 0 Å². The predicted molar refractivity (Wildman–Crippen MR) is 82.0 cm³/mol. The first kappa shape index (κ1) is 15.4. The van der Waals surface area contributed by atoms with E-state index in [1.807, 2.05) is 18.2 Å². The van der Waals surface area contributed by atoms with Gasteiger partial charge in [0.25, 0.3) is 5.56 Å².